The fraction of sp³-hybridized carbons (Fsp3) is 0.442. The van der Waals surface area contributed by atoms with Crippen LogP contribution in [0.2, 0.25) is 0 Å². The molecule has 0 bridgehead atoms. The van der Waals surface area contributed by atoms with Crippen molar-refractivity contribution in [2.75, 3.05) is 6.54 Å². The quantitative estimate of drug-likeness (QED) is 0.344. The number of hydrogen-bond donors (Lipinski definition) is 0. The normalized spacial score (nSPS) is 34.4. The molecule has 0 N–H and O–H groups in total. The van der Waals surface area contributed by atoms with Gasteiger partial charge in [0.05, 0.1) is 18.5 Å². The number of rotatable bonds is 4. The fourth-order valence-corrected chi connectivity index (χ4v) is 10.6. The summed E-state index contributed by atoms with van der Waals surface area (Å²) in [5, 5.41) is 0. The average molecular weight is 609 g/mol. The maximum atomic E-state index is 6.92. The van der Waals surface area contributed by atoms with Crippen LogP contribution in [-0.2, 0) is 4.74 Å². The Labute approximate surface area is 275 Å². The average Bonchev–Trinajstić information content (AvgIpc) is 3.72. The third kappa shape index (κ3) is 4.44. The summed E-state index contributed by atoms with van der Waals surface area (Å²) in [6.45, 7) is 8.05. The number of benzene rings is 2. The minimum atomic E-state index is 0.234. The number of hydrogen-bond acceptors (Lipinski definition) is 3. The van der Waals surface area contributed by atoms with Crippen molar-refractivity contribution in [2.24, 2.45) is 23.7 Å². The molecule has 2 aromatic rings. The van der Waals surface area contributed by atoms with Gasteiger partial charge in [-0.2, -0.15) is 0 Å². The van der Waals surface area contributed by atoms with Crippen molar-refractivity contribution in [3.05, 3.63) is 136 Å². The Hall–Kier alpha value is -3.72. The van der Waals surface area contributed by atoms with Gasteiger partial charge in [-0.3, -0.25) is 0 Å². The zero-order valence-electron chi connectivity index (χ0n) is 27.7. The van der Waals surface area contributed by atoms with E-state index in [2.05, 4.69) is 122 Å². The van der Waals surface area contributed by atoms with E-state index in [-0.39, 0.29) is 6.10 Å². The summed E-state index contributed by atoms with van der Waals surface area (Å²) < 4.78 is 6.92. The Morgan fingerprint density at radius 2 is 1.67 bits per heavy atom. The molecule has 9 rings (SSSR count). The third-order valence-corrected chi connectivity index (χ3v) is 12.4. The van der Waals surface area contributed by atoms with Gasteiger partial charge >= 0.3 is 0 Å². The molecule has 2 aromatic carbocycles. The van der Waals surface area contributed by atoms with Gasteiger partial charge in [0.2, 0.25) is 0 Å². The van der Waals surface area contributed by atoms with E-state index in [1.165, 1.54) is 60.1 Å². The van der Waals surface area contributed by atoms with Crippen LogP contribution in [0.5, 0.6) is 0 Å². The highest BCUT2D eigenvalue weighted by Gasteiger charge is 2.59. The summed E-state index contributed by atoms with van der Waals surface area (Å²) in [6.07, 6.45) is 26.0. The molecule has 3 heterocycles. The molecule has 7 aliphatic rings. The van der Waals surface area contributed by atoms with Crippen LogP contribution in [-0.4, -0.2) is 34.7 Å². The first-order valence-electron chi connectivity index (χ1n) is 18.1. The molecule has 236 valence electrons. The lowest BCUT2D eigenvalue weighted by Gasteiger charge is -2.49. The first kappa shape index (κ1) is 28.5. The molecule has 0 spiro atoms. The second-order valence-electron chi connectivity index (χ2n) is 15.1. The zero-order valence-corrected chi connectivity index (χ0v) is 27.7. The summed E-state index contributed by atoms with van der Waals surface area (Å²) in [5.74, 6) is 3.68. The lowest BCUT2D eigenvalue weighted by atomic mass is 9.68. The molecule has 0 amide bonds. The van der Waals surface area contributed by atoms with E-state index in [9.17, 15) is 0 Å². The smallest absolute Gasteiger partial charge is 0.127 e. The van der Waals surface area contributed by atoms with Gasteiger partial charge in [0.25, 0.3) is 0 Å². The van der Waals surface area contributed by atoms with Crippen LogP contribution in [0.4, 0.5) is 0 Å². The monoisotopic (exact) mass is 608 g/mol. The van der Waals surface area contributed by atoms with Gasteiger partial charge in [-0.25, -0.2) is 0 Å². The maximum Gasteiger partial charge on any atom is 0.127 e. The molecule has 3 nitrogen and oxygen atoms in total. The Morgan fingerprint density at radius 3 is 2.46 bits per heavy atom. The maximum absolute atomic E-state index is 6.92. The molecule has 0 aromatic heterocycles. The molecule has 1 saturated heterocycles. The van der Waals surface area contributed by atoms with Crippen molar-refractivity contribution < 1.29 is 4.74 Å². The first-order valence-corrected chi connectivity index (χ1v) is 18.1. The van der Waals surface area contributed by atoms with Crippen molar-refractivity contribution in [2.45, 2.75) is 89.9 Å². The molecule has 4 aliphatic carbocycles. The van der Waals surface area contributed by atoms with Gasteiger partial charge in [-0.05, 0) is 116 Å². The van der Waals surface area contributed by atoms with Crippen LogP contribution in [0.3, 0.4) is 0 Å². The molecular formula is C43H48N2O. The van der Waals surface area contributed by atoms with Gasteiger partial charge < -0.3 is 14.5 Å². The van der Waals surface area contributed by atoms with Gasteiger partial charge in [0.15, 0.2) is 0 Å². The number of aryl methyl sites for hydroxylation is 2. The summed E-state index contributed by atoms with van der Waals surface area (Å²) in [6, 6.07) is 18.5. The van der Waals surface area contributed by atoms with E-state index in [4.69, 9.17) is 4.74 Å². The summed E-state index contributed by atoms with van der Waals surface area (Å²) in [5.41, 5.74) is 12.2. The van der Waals surface area contributed by atoms with Gasteiger partial charge in [0.1, 0.15) is 18.0 Å². The molecule has 8 unspecified atom stereocenters. The van der Waals surface area contributed by atoms with Crippen molar-refractivity contribution in [1.82, 2.24) is 9.80 Å². The highest BCUT2D eigenvalue weighted by atomic mass is 16.5. The van der Waals surface area contributed by atoms with Crippen LogP contribution in [0, 0.1) is 37.5 Å². The minimum Gasteiger partial charge on any atom is -0.488 e. The summed E-state index contributed by atoms with van der Waals surface area (Å²) in [4.78, 5) is 5.86. The van der Waals surface area contributed by atoms with Crippen molar-refractivity contribution in [1.29, 1.82) is 0 Å². The summed E-state index contributed by atoms with van der Waals surface area (Å²) >= 11 is 0. The topological polar surface area (TPSA) is 15.7 Å². The largest absolute Gasteiger partial charge is 0.488 e. The van der Waals surface area contributed by atoms with Crippen molar-refractivity contribution >= 4 is 5.57 Å². The van der Waals surface area contributed by atoms with Crippen LogP contribution in [0.1, 0.15) is 80.0 Å². The standard InChI is InChI=1S/C43H48N2O/c1-27-23-33(30-15-6-4-7-16-30)42(34(24-27)31-17-8-5-9-18-31)45-37-20-11-10-19-36(37)44-26-39-41(43(44)45)35-25-32(21-22-38(35)46-39)40-28(2)13-12-14-29(40)3/h4-9,12-17,21-23,27,31-32,34,39,41-43H,10-11,18-20,24-26H2,1-3H3. The van der Waals surface area contributed by atoms with E-state index in [1.807, 2.05) is 0 Å². The minimum absolute atomic E-state index is 0.234. The number of fused-ring (bicyclic) bond motifs is 5. The zero-order chi connectivity index (χ0) is 30.9. The van der Waals surface area contributed by atoms with E-state index >= 15 is 0 Å². The molecule has 3 heteroatoms. The Bertz CT molecular complexity index is 1700. The van der Waals surface area contributed by atoms with E-state index in [1.54, 1.807) is 22.5 Å². The second-order valence-corrected chi connectivity index (χ2v) is 15.1. The molecule has 3 aliphatic heterocycles. The highest BCUT2D eigenvalue weighted by Crippen LogP contribution is 2.57. The Balaban J connectivity index is 1.16. The van der Waals surface area contributed by atoms with Crippen LogP contribution in [0.25, 0.3) is 5.57 Å². The molecule has 8 atom stereocenters. The van der Waals surface area contributed by atoms with Gasteiger partial charge in [-0.15, -0.1) is 0 Å². The number of allylic oxidation sites excluding steroid dienone is 9. The Morgan fingerprint density at radius 1 is 0.870 bits per heavy atom. The SMILES string of the molecule is Cc1cccc(C)c1C1C=CC2=C(C1)C1C(CN3C4=C(CCCC4)N(C4C(c5ccccc5)=CC(C)CC4C4C=CC=CC4)C13)O2. The van der Waals surface area contributed by atoms with Crippen LogP contribution in [0.15, 0.2) is 114 Å². The predicted molar refractivity (Wildman–Crippen MR) is 187 cm³/mol. The first-order chi connectivity index (χ1) is 22.6. The lowest BCUT2D eigenvalue weighted by Crippen LogP contribution is -2.52. The van der Waals surface area contributed by atoms with Crippen LogP contribution >= 0.6 is 0 Å². The van der Waals surface area contributed by atoms with E-state index in [0.29, 0.717) is 41.8 Å². The van der Waals surface area contributed by atoms with Crippen LogP contribution < -0.4 is 0 Å². The van der Waals surface area contributed by atoms with E-state index in [0.717, 1.165) is 19.4 Å². The van der Waals surface area contributed by atoms with Gasteiger partial charge in [0, 0.05) is 17.3 Å². The van der Waals surface area contributed by atoms with Gasteiger partial charge in [-0.1, -0.05) is 91.9 Å². The Kier molecular flexibility index (Phi) is 6.95. The molecule has 0 radical (unpaired) electrons. The second kappa shape index (κ2) is 11.2. The van der Waals surface area contributed by atoms with E-state index < -0.39 is 0 Å². The molecule has 0 saturated carbocycles. The fourth-order valence-electron chi connectivity index (χ4n) is 10.6. The number of nitrogens with zero attached hydrogens (tertiary/aromatic N) is 2. The molecular weight excluding hydrogens is 560 g/mol. The lowest BCUT2D eigenvalue weighted by molar-refractivity contribution is 0.0737. The summed E-state index contributed by atoms with van der Waals surface area (Å²) in [7, 11) is 0. The number of ether oxygens (including phenoxy) is 1. The predicted octanol–water partition coefficient (Wildman–Crippen LogP) is 9.60. The highest BCUT2D eigenvalue weighted by molar-refractivity contribution is 5.72. The molecule has 1 fully saturated rings. The van der Waals surface area contributed by atoms with Crippen molar-refractivity contribution in [3.8, 4) is 0 Å². The molecule has 46 heavy (non-hydrogen) atoms. The third-order valence-electron chi connectivity index (χ3n) is 12.4. The van der Waals surface area contributed by atoms with Crippen molar-refractivity contribution in [3.63, 3.8) is 0 Å².